The Balaban J connectivity index is 1.51. The predicted octanol–water partition coefficient (Wildman–Crippen LogP) is 1.15. The van der Waals surface area contributed by atoms with Crippen molar-refractivity contribution in [2.75, 3.05) is 18.4 Å². The molecule has 2 aliphatic heterocycles. The summed E-state index contributed by atoms with van der Waals surface area (Å²) in [7, 11) is 0. The molecular weight excluding hydrogens is 306 g/mol. The van der Waals surface area contributed by atoms with E-state index in [1.165, 1.54) is 4.90 Å². The molecule has 122 valence electrons. The minimum absolute atomic E-state index is 0.170. The van der Waals surface area contributed by atoms with Crippen molar-refractivity contribution in [2.24, 2.45) is 5.92 Å². The molecule has 0 saturated heterocycles. The second kappa shape index (κ2) is 5.74. The number of nitrogens with two attached hydrogens (primary N) is 1. The summed E-state index contributed by atoms with van der Waals surface area (Å²) in [4.78, 5) is 26.3. The Kier molecular flexibility index (Phi) is 3.55. The highest BCUT2D eigenvalue weighted by molar-refractivity contribution is 6.21. The van der Waals surface area contributed by atoms with Crippen LogP contribution in [0.5, 0.6) is 0 Å². The molecule has 0 spiro atoms. The number of benzene rings is 2. The number of imide groups is 1. The molecule has 0 fully saturated rings. The van der Waals surface area contributed by atoms with Gasteiger partial charge in [-0.25, -0.2) is 5.21 Å². The van der Waals surface area contributed by atoms with Crippen LogP contribution >= 0.6 is 0 Å². The first kappa shape index (κ1) is 14.9. The van der Waals surface area contributed by atoms with Crippen molar-refractivity contribution in [1.82, 2.24) is 4.90 Å². The Bertz CT molecular complexity index is 799. The minimum atomic E-state index is -0.202. The fourth-order valence-electron chi connectivity index (χ4n) is 3.45. The maximum absolute atomic E-state index is 12.5. The monoisotopic (exact) mass is 324 g/mol. The van der Waals surface area contributed by atoms with Crippen LogP contribution in [0.3, 0.4) is 0 Å². The van der Waals surface area contributed by atoms with Gasteiger partial charge in [-0.1, -0.05) is 18.2 Å². The van der Waals surface area contributed by atoms with Gasteiger partial charge in [-0.2, -0.15) is 5.48 Å². The van der Waals surface area contributed by atoms with Crippen LogP contribution in [0.15, 0.2) is 42.5 Å². The van der Waals surface area contributed by atoms with Crippen LogP contribution in [-0.2, 0) is 6.42 Å². The number of hydrogen-bond donors (Lipinski definition) is 3. The third kappa shape index (κ3) is 2.36. The van der Waals surface area contributed by atoms with Crippen molar-refractivity contribution in [3.63, 3.8) is 0 Å². The van der Waals surface area contributed by atoms with Crippen molar-refractivity contribution in [3.8, 4) is 0 Å². The van der Waals surface area contributed by atoms with Crippen molar-refractivity contribution in [2.45, 2.75) is 6.42 Å². The van der Waals surface area contributed by atoms with Gasteiger partial charge in [0.15, 0.2) is 5.69 Å². The number of fused-ring (bicyclic) bond motifs is 2. The smallest absolute Gasteiger partial charge is 0.261 e. The van der Waals surface area contributed by atoms with Crippen LogP contribution < -0.4 is 10.8 Å². The number of quaternary nitrogens is 1. The summed E-state index contributed by atoms with van der Waals surface area (Å²) in [6.45, 7) is 1.10. The Morgan fingerprint density at radius 2 is 1.83 bits per heavy atom. The van der Waals surface area contributed by atoms with Crippen molar-refractivity contribution < 1.29 is 20.3 Å². The second-order valence-electron chi connectivity index (χ2n) is 6.26. The first-order chi connectivity index (χ1) is 11.7. The van der Waals surface area contributed by atoms with Gasteiger partial charge in [0.05, 0.1) is 11.1 Å². The second-order valence-corrected chi connectivity index (χ2v) is 6.26. The normalized spacial score (nSPS) is 19.0. The van der Waals surface area contributed by atoms with Gasteiger partial charge in [-0.3, -0.25) is 14.5 Å². The zero-order chi connectivity index (χ0) is 16.7. The van der Waals surface area contributed by atoms with Gasteiger partial charge in [0, 0.05) is 30.9 Å². The van der Waals surface area contributed by atoms with Crippen molar-refractivity contribution in [3.05, 3.63) is 59.2 Å². The Labute approximate surface area is 139 Å². The number of carbonyl (C=O) groups is 2. The van der Waals surface area contributed by atoms with Gasteiger partial charge in [0.25, 0.3) is 11.8 Å². The fourth-order valence-corrected chi connectivity index (χ4v) is 3.45. The van der Waals surface area contributed by atoms with E-state index in [0.717, 1.165) is 28.8 Å². The molecule has 2 aromatic carbocycles. The zero-order valence-electron chi connectivity index (χ0n) is 13.0. The highest BCUT2D eigenvalue weighted by Gasteiger charge is 2.36. The number of nitrogens with zero attached hydrogens (tertiary/aromatic N) is 1. The number of hydrogen-bond acceptors (Lipinski definition) is 4. The molecule has 6 nitrogen and oxygen atoms in total. The Morgan fingerprint density at radius 3 is 2.50 bits per heavy atom. The molecule has 1 unspecified atom stereocenters. The van der Waals surface area contributed by atoms with Gasteiger partial charge >= 0.3 is 0 Å². The van der Waals surface area contributed by atoms with Gasteiger partial charge < -0.3 is 5.32 Å². The average Bonchev–Trinajstić information content (AvgIpc) is 2.86. The quantitative estimate of drug-likeness (QED) is 0.449. The van der Waals surface area contributed by atoms with Gasteiger partial charge in [0.1, 0.15) is 0 Å². The molecule has 0 aliphatic carbocycles. The van der Waals surface area contributed by atoms with E-state index in [1.807, 2.05) is 18.2 Å². The molecular formula is C18H18N3O3+. The molecule has 0 bridgehead atoms. The molecule has 2 aromatic rings. The first-order valence-electron chi connectivity index (χ1n) is 7.97. The maximum atomic E-state index is 12.5. The summed E-state index contributed by atoms with van der Waals surface area (Å²) in [6.07, 6.45) is 0.793. The topological polar surface area (TPSA) is 86.3 Å². The van der Waals surface area contributed by atoms with Crippen LogP contribution in [-0.4, -0.2) is 35.0 Å². The zero-order valence-corrected chi connectivity index (χ0v) is 13.0. The summed E-state index contributed by atoms with van der Waals surface area (Å²) in [6, 6.07) is 12.7. The van der Waals surface area contributed by atoms with E-state index in [4.69, 9.17) is 5.21 Å². The number of rotatable bonds is 3. The number of carbonyl (C=O) groups excluding carboxylic acids is 2. The third-order valence-electron chi connectivity index (χ3n) is 4.69. The number of amides is 2. The highest BCUT2D eigenvalue weighted by atomic mass is 16.5. The molecule has 0 radical (unpaired) electrons. The minimum Gasteiger partial charge on any atom is -0.384 e. The Hall–Kier alpha value is -2.70. The van der Waals surface area contributed by atoms with Gasteiger partial charge in [-0.15, -0.1) is 0 Å². The standard InChI is InChI=1S/C18H17N3O3/c22-17-14-3-1-2-4-15(14)18(23)21(17)10-11-7-12-5-6-13(20-24)8-16(12)19-9-11/h1-6,8,11,19-20,24H,7,9-10H2/p+1. The van der Waals surface area contributed by atoms with E-state index in [2.05, 4.69) is 5.32 Å². The molecule has 0 aromatic heterocycles. The van der Waals surface area contributed by atoms with Crippen LogP contribution in [0.2, 0.25) is 0 Å². The molecule has 2 aliphatic rings. The van der Waals surface area contributed by atoms with Crippen molar-refractivity contribution in [1.29, 1.82) is 0 Å². The van der Waals surface area contributed by atoms with E-state index in [9.17, 15) is 9.59 Å². The molecule has 4 rings (SSSR count). The van der Waals surface area contributed by atoms with E-state index >= 15 is 0 Å². The van der Waals surface area contributed by atoms with Crippen LogP contribution in [0, 0.1) is 5.92 Å². The summed E-state index contributed by atoms with van der Waals surface area (Å²) in [5.41, 5.74) is 4.95. The molecule has 1 atom stereocenters. The SMILES string of the molecule is O=C1c2ccccc2C(=O)N1CC1CNc2cc([NH2+]O)ccc2C1. The maximum Gasteiger partial charge on any atom is 0.261 e. The largest absolute Gasteiger partial charge is 0.384 e. The van der Waals surface area contributed by atoms with Gasteiger partial charge in [-0.05, 0) is 30.0 Å². The summed E-state index contributed by atoms with van der Waals surface area (Å²) < 4.78 is 0. The summed E-state index contributed by atoms with van der Waals surface area (Å²) in [5, 5.41) is 12.4. The molecule has 24 heavy (non-hydrogen) atoms. The predicted molar refractivity (Wildman–Crippen MR) is 87.3 cm³/mol. The van der Waals surface area contributed by atoms with E-state index < -0.39 is 0 Å². The van der Waals surface area contributed by atoms with Gasteiger partial charge in [0.2, 0.25) is 0 Å². The summed E-state index contributed by atoms with van der Waals surface area (Å²) >= 11 is 0. The van der Waals surface area contributed by atoms with E-state index in [-0.39, 0.29) is 17.7 Å². The van der Waals surface area contributed by atoms with E-state index in [1.54, 1.807) is 24.3 Å². The molecule has 0 saturated carbocycles. The molecule has 2 amide bonds. The lowest BCUT2D eigenvalue weighted by atomic mass is 9.93. The fraction of sp³-hybridized carbons (Fsp3) is 0.222. The first-order valence-corrected chi connectivity index (χ1v) is 7.97. The number of anilines is 1. The van der Waals surface area contributed by atoms with Crippen LogP contribution in [0.25, 0.3) is 0 Å². The van der Waals surface area contributed by atoms with Crippen molar-refractivity contribution >= 4 is 23.2 Å². The third-order valence-corrected chi connectivity index (χ3v) is 4.69. The average molecular weight is 324 g/mol. The number of nitrogens with one attached hydrogen (secondary N) is 1. The lowest BCUT2D eigenvalue weighted by molar-refractivity contribution is -0.825. The highest BCUT2D eigenvalue weighted by Crippen LogP contribution is 2.29. The molecule has 4 N–H and O–H groups in total. The molecule has 6 heteroatoms. The summed E-state index contributed by atoms with van der Waals surface area (Å²) in [5.74, 6) is -0.234. The lowest BCUT2D eigenvalue weighted by Crippen LogP contribution is -2.73. The lowest BCUT2D eigenvalue weighted by Gasteiger charge is -2.28. The van der Waals surface area contributed by atoms with Crippen LogP contribution in [0.1, 0.15) is 26.3 Å². The van der Waals surface area contributed by atoms with Crippen LogP contribution in [0.4, 0.5) is 11.4 Å². The Morgan fingerprint density at radius 1 is 1.12 bits per heavy atom. The van der Waals surface area contributed by atoms with E-state index in [0.29, 0.717) is 24.2 Å². The molecule has 2 heterocycles.